The van der Waals surface area contributed by atoms with Crippen LogP contribution in [0.15, 0.2) is 212 Å². The molecular formula is C52H35N. The third kappa shape index (κ3) is 5.60. The van der Waals surface area contributed by atoms with Gasteiger partial charge in [-0.15, -0.1) is 0 Å². The highest BCUT2D eigenvalue weighted by atomic mass is 15.1. The Morgan fingerprint density at radius 1 is 0.226 bits per heavy atom. The fourth-order valence-corrected chi connectivity index (χ4v) is 7.98. The third-order valence-corrected chi connectivity index (χ3v) is 10.6. The Kier molecular flexibility index (Phi) is 7.55. The van der Waals surface area contributed by atoms with Crippen LogP contribution >= 0.6 is 0 Å². The first-order valence-corrected chi connectivity index (χ1v) is 18.3. The van der Waals surface area contributed by atoms with Gasteiger partial charge in [-0.05, 0) is 119 Å². The summed E-state index contributed by atoms with van der Waals surface area (Å²) in [5.41, 5.74) is 10.6. The Hall–Kier alpha value is -6.96. The second-order valence-electron chi connectivity index (χ2n) is 13.8. The van der Waals surface area contributed by atoms with Crippen LogP contribution < -0.4 is 4.90 Å². The van der Waals surface area contributed by atoms with E-state index in [0.717, 1.165) is 17.1 Å². The van der Waals surface area contributed by atoms with Crippen LogP contribution in [0.3, 0.4) is 0 Å². The maximum absolute atomic E-state index is 2.37. The molecule has 0 aliphatic carbocycles. The first-order chi connectivity index (χ1) is 26.3. The van der Waals surface area contributed by atoms with Crippen LogP contribution in [0.4, 0.5) is 17.1 Å². The Balaban J connectivity index is 1.05. The van der Waals surface area contributed by atoms with Crippen molar-refractivity contribution in [3.63, 3.8) is 0 Å². The van der Waals surface area contributed by atoms with E-state index in [-0.39, 0.29) is 0 Å². The zero-order valence-electron chi connectivity index (χ0n) is 29.2. The summed E-state index contributed by atoms with van der Waals surface area (Å²) in [5, 5.41) is 10.2. The van der Waals surface area contributed by atoms with Gasteiger partial charge in [0.15, 0.2) is 0 Å². The summed E-state index contributed by atoms with van der Waals surface area (Å²) in [5.74, 6) is 0. The molecule has 10 rings (SSSR count). The lowest BCUT2D eigenvalue weighted by Gasteiger charge is -2.26. The summed E-state index contributed by atoms with van der Waals surface area (Å²) in [6.07, 6.45) is 0. The highest BCUT2D eigenvalue weighted by Crippen LogP contribution is 2.40. The van der Waals surface area contributed by atoms with Crippen molar-refractivity contribution in [3.05, 3.63) is 212 Å². The molecule has 0 aliphatic rings. The van der Waals surface area contributed by atoms with Crippen LogP contribution in [-0.4, -0.2) is 0 Å². The summed E-state index contributed by atoms with van der Waals surface area (Å²) in [7, 11) is 0. The van der Waals surface area contributed by atoms with E-state index < -0.39 is 0 Å². The lowest BCUT2D eigenvalue weighted by atomic mass is 9.95. The minimum Gasteiger partial charge on any atom is -0.310 e. The Morgan fingerprint density at radius 2 is 0.717 bits per heavy atom. The molecule has 53 heavy (non-hydrogen) atoms. The minimum absolute atomic E-state index is 1.11. The van der Waals surface area contributed by atoms with Gasteiger partial charge in [-0.2, -0.15) is 0 Å². The van der Waals surface area contributed by atoms with Crippen LogP contribution in [-0.2, 0) is 0 Å². The number of rotatable bonds is 6. The van der Waals surface area contributed by atoms with Gasteiger partial charge in [0.2, 0.25) is 0 Å². The zero-order valence-corrected chi connectivity index (χ0v) is 29.2. The van der Waals surface area contributed by atoms with Gasteiger partial charge in [-0.3, -0.25) is 0 Å². The molecule has 1 heteroatoms. The highest BCUT2D eigenvalue weighted by molar-refractivity contribution is 6.17. The maximum atomic E-state index is 2.37. The average Bonchev–Trinajstić information content (AvgIpc) is 3.24. The van der Waals surface area contributed by atoms with Crippen LogP contribution in [0.2, 0.25) is 0 Å². The molecule has 1 nitrogen and oxygen atoms in total. The van der Waals surface area contributed by atoms with Crippen molar-refractivity contribution in [1.29, 1.82) is 0 Å². The average molecular weight is 674 g/mol. The first kappa shape index (κ1) is 30.8. The van der Waals surface area contributed by atoms with Gasteiger partial charge < -0.3 is 4.90 Å². The molecule has 0 heterocycles. The first-order valence-electron chi connectivity index (χ1n) is 18.3. The second kappa shape index (κ2) is 13.0. The topological polar surface area (TPSA) is 3.24 Å². The van der Waals surface area contributed by atoms with Gasteiger partial charge in [-0.25, -0.2) is 0 Å². The van der Waals surface area contributed by atoms with Crippen molar-refractivity contribution >= 4 is 60.2 Å². The molecule has 0 aromatic heterocycles. The summed E-state index contributed by atoms with van der Waals surface area (Å²) in [6.45, 7) is 0. The molecule has 10 aromatic rings. The molecule has 10 aromatic carbocycles. The van der Waals surface area contributed by atoms with Crippen molar-refractivity contribution in [2.75, 3.05) is 4.90 Å². The molecule has 248 valence electrons. The van der Waals surface area contributed by atoms with Gasteiger partial charge in [0, 0.05) is 17.1 Å². The standard InChI is InChI=1S/C52H35N/c1-2-10-36(11-3-1)37-20-27-44(28-21-37)53(46-16-8-15-42(35-46)49-19-9-14-39-12-4-6-17-47(39)49)45-29-22-38(23-30-45)41-25-31-50-43(34-41)26-33-51-48-18-7-5-13-40(48)24-32-52(50)51/h1-35H. The van der Waals surface area contributed by atoms with Crippen molar-refractivity contribution in [2.45, 2.75) is 0 Å². The number of hydrogen-bond acceptors (Lipinski definition) is 1. The van der Waals surface area contributed by atoms with E-state index in [4.69, 9.17) is 0 Å². The summed E-state index contributed by atoms with van der Waals surface area (Å²) in [6, 6.07) is 77.2. The van der Waals surface area contributed by atoms with Crippen molar-refractivity contribution in [1.82, 2.24) is 0 Å². The van der Waals surface area contributed by atoms with Crippen molar-refractivity contribution < 1.29 is 0 Å². The number of anilines is 3. The van der Waals surface area contributed by atoms with Crippen molar-refractivity contribution in [3.8, 4) is 33.4 Å². The lowest BCUT2D eigenvalue weighted by molar-refractivity contribution is 1.28. The van der Waals surface area contributed by atoms with Crippen LogP contribution in [0.5, 0.6) is 0 Å². The molecule has 0 atom stereocenters. The van der Waals surface area contributed by atoms with Gasteiger partial charge in [-0.1, -0.05) is 170 Å². The number of hydrogen-bond donors (Lipinski definition) is 0. The van der Waals surface area contributed by atoms with Crippen LogP contribution in [0.25, 0.3) is 76.5 Å². The number of nitrogens with zero attached hydrogens (tertiary/aromatic N) is 1. The predicted octanol–water partition coefficient (Wildman–Crippen LogP) is 14.8. The monoisotopic (exact) mass is 673 g/mol. The molecule has 0 spiro atoms. The molecule has 0 saturated carbocycles. The van der Waals surface area contributed by atoms with Crippen molar-refractivity contribution in [2.24, 2.45) is 0 Å². The van der Waals surface area contributed by atoms with E-state index in [2.05, 4.69) is 217 Å². The van der Waals surface area contributed by atoms with Gasteiger partial charge >= 0.3 is 0 Å². The predicted molar refractivity (Wildman–Crippen MR) is 227 cm³/mol. The van der Waals surface area contributed by atoms with Gasteiger partial charge in [0.05, 0.1) is 0 Å². The molecule has 0 radical (unpaired) electrons. The summed E-state index contributed by atoms with van der Waals surface area (Å²) in [4.78, 5) is 2.37. The minimum atomic E-state index is 1.11. The highest BCUT2D eigenvalue weighted by Gasteiger charge is 2.15. The molecule has 0 bridgehead atoms. The Labute approximate surface area is 309 Å². The molecule has 0 N–H and O–H groups in total. The number of fused-ring (bicyclic) bond motifs is 6. The smallest absolute Gasteiger partial charge is 0.0467 e. The number of benzene rings is 10. The fraction of sp³-hybridized carbons (Fsp3) is 0. The van der Waals surface area contributed by atoms with Crippen LogP contribution in [0.1, 0.15) is 0 Å². The van der Waals surface area contributed by atoms with E-state index in [1.807, 2.05) is 0 Å². The third-order valence-electron chi connectivity index (χ3n) is 10.6. The van der Waals surface area contributed by atoms with Gasteiger partial charge in [0.25, 0.3) is 0 Å². The van der Waals surface area contributed by atoms with Crippen LogP contribution in [0, 0.1) is 0 Å². The molecule has 0 amide bonds. The molecule has 0 aliphatic heterocycles. The SMILES string of the molecule is c1ccc(-c2ccc(N(c3ccc(-c4ccc5c(ccc6c7ccccc7ccc56)c4)cc3)c3cccc(-c4cccc5ccccc45)c3)cc2)cc1. The summed E-state index contributed by atoms with van der Waals surface area (Å²) < 4.78 is 0. The van der Waals surface area contributed by atoms with E-state index >= 15 is 0 Å². The summed E-state index contributed by atoms with van der Waals surface area (Å²) >= 11 is 0. The normalized spacial score (nSPS) is 11.4. The molecular weight excluding hydrogens is 639 g/mol. The largest absolute Gasteiger partial charge is 0.310 e. The Morgan fingerprint density at radius 3 is 1.45 bits per heavy atom. The van der Waals surface area contributed by atoms with E-state index in [1.165, 1.54) is 76.5 Å². The van der Waals surface area contributed by atoms with Gasteiger partial charge in [0.1, 0.15) is 0 Å². The lowest BCUT2D eigenvalue weighted by Crippen LogP contribution is -2.10. The zero-order chi connectivity index (χ0) is 35.1. The molecule has 0 unspecified atom stereocenters. The molecule has 0 fully saturated rings. The quantitative estimate of drug-likeness (QED) is 0.159. The van der Waals surface area contributed by atoms with E-state index in [0.29, 0.717) is 0 Å². The maximum Gasteiger partial charge on any atom is 0.0467 e. The molecule has 0 saturated heterocycles. The van der Waals surface area contributed by atoms with E-state index in [9.17, 15) is 0 Å². The second-order valence-corrected chi connectivity index (χ2v) is 13.8. The fourth-order valence-electron chi connectivity index (χ4n) is 7.98. The van der Waals surface area contributed by atoms with E-state index in [1.54, 1.807) is 0 Å². The Bertz CT molecular complexity index is 2920.